The molecule has 2 heterocycles. The Bertz CT molecular complexity index is 885. The maximum atomic E-state index is 12.7. The summed E-state index contributed by atoms with van der Waals surface area (Å²) in [5, 5.41) is 14.0. The van der Waals surface area contributed by atoms with E-state index >= 15 is 0 Å². The molecule has 1 N–H and O–H groups in total. The van der Waals surface area contributed by atoms with Gasteiger partial charge >= 0.3 is 0 Å². The molecule has 1 fully saturated rings. The van der Waals surface area contributed by atoms with Gasteiger partial charge in [-0.3, -0.25) is 4.79 Å². The number of nitrogens with zero attached hydrogens (tertiary/aromatic N) is 4. The minimum absolute atomic E-state index is 0.0564. The van der Waals surface area contributed by atoms with Crippen molar-refractivity contribution in [2.75, 3.05) is 20.3 Å². The maximum Gasteiger partial charge on any atom is 0.253 e. The van der Waals surface area contributed by atoms with Gasteiger partial charge in [0.15, 0.2) is 0 Å². The van der Waals surface area contributed by atoms with E-state index in [2.05, 4.69) is 20.6 Å². The molecule has 0 bridgehead atoms. The van der Waals surface area contributed by atoms with Gasteiger partial charge in [-0.1, -0.05) is 36.4 Å². The topological polar surface area (TPSA) is 84.0 Å². The Morgan fingerprint density at radius 1 is 1.00 bits per heavy atom. The average molecular weight is 363 g/mol. The summed E-state index contributed by atoms with van der Waals surface area (Å²) in [5.41, 5.74) is 3.73. The van der Waals surface area contributed by atoms with Crippen LogP contribution in [0.1, 0.15) is 23.2 Å². The first-order valence-corrected chi connectivity index (χ1v) is 9.01. The molecule has 27 heavy (non-hydrogen) atoms. The second kappa shape index (κ2) is 7.67. The molecule has 1 amide bonds. The molecule has 0 aliphatic carbocycles. The van der Waals surface area contributed by atoms with E-state index in [-0.39, 0.29) is 11.9 Å². The number of rotatable bonds is 4. The largest absolute Gasteiger partial charge is 0.381 e. The highest BCUT2D eigenvalue weighted by Crippen LogP contribution is 2.24. The minimum atomic E-state index is 0.0564. The van der Waals surface area contributed by atoms with Gasteiger partial charge in [0, 0.05) is 37.4 Å². The van der Waals surface area contributed by atoms with E-state index in [4.69, 9.17) is 4.74 Å². The van der Waals surface area contributed by atoms with Crippen LogP contribution in [0.4, 0.5) is 0 Å². The summed E-state index contributed by atoms with van der Waals surface area (Å²) in [6.45, 7) is 1.45. The van der Waals surface area contributed by atoms with Gasteiger partial charge in [-0.15, -0.1) is 10.2 Å². The number of benzene rings is 2. The van der Waals surface area contributed by atoms with Gasteiger partial charge in [0.25, 0.3) is 5.91 Å². The van der Waals surface area contributed by atoms with Gasteiger partial charge in [-0.05, 0) is 41.3 Å². The number of hydrogen-bond acceptors (Lipinski definition) is 5. The zero-order valence-corrected chi connectivity index (χ0v) is 15.1. The Kier molecular flexibility index (Phi) is 4.93. The molecule has 2 aromatic carbocycles. The van der Waals surface area contributed by atoms with E-state index < -0.39 is 0 Å². The molecule has 0 atom stereocenters. The first kappa shape index (κ1) is 17.4. The Morgan fingerprint density at radius 2 is 1.59 bits per heavy atom. The molecule has 0 saturated carbocycles. The van der Waals surface area contributed by atoms with Crippen molar-refractivity contribution in [1.82, 2.24) is 25.5 Å². The highest BCUT2D eigenvalue weighted by molar-refractivity contribution is 5.94. The predicted molar refractivity (Wildman–Crippen MR) is 101 cm³/mol. The van der Waals surface area contributed by atoms with Crippen molar-refractivity contribution in [3.05, 3.63) is 54.1 Å². The van der Waals surface area contributed by atoms with Crippen LogP contribution < -0.4 is 0 Å². The fourth-order valence-corrected chi connectivity index (χ4v) is 3.34. The van der Waals surface area contributed by atoms with Crippen molar-refractivity contribution < 1.29 is 9.53 Å². The fourth-order valence-electron chi connectivity index (χ4n) is 3.34. The van der Waals surface area contributed by atoms with Crippen LogP contribution >= 0.6 is 0 Å². The number of tetrazole rings is 1. The molecular weight excluding hydrogens is 342 g/mol. The van der Waals surface area contributed by atoms with E-state index in [0.29, 0.717) is 11.4 Å². The normalized spacial score (nSPS) is 14.9. The lowest BCUT2D eigenvalue weighted by molar-refractivity contribution is 0.0362. The molecule has 0 spiro atoms. The number of carbonyl (C=O) groups is 1. The van der Waals surface area contributed by atoms with E-state index in [0.717, 1.165) is 42.7 Å². The molecule has 1 saturated heterocycles. The second-order valence-electron chi connectivity index (χ2n) is 6.65. The smallest absolute Gasteiger partial charge is 0.253 e. The Morgan fingerprint density at radius 3 is 2.19 bits per heavy atom. The Hall–Kier alpha value is -3.06. The summed E-state index contributed by atoms with van der Waals surface area (Å²) < 4.78 is 5.38. The molecule has 1 aliphatic rings. The van der Waals surface area contributed by atoms with Crippen LogP contribution in [0.5, 0.6) is 0 Å². The van der Waals surface area contributed by atoms with Gasteiger partial charge in [-0.2, -0.15) is 5.21 Å². The third-order valence-electron chi connectivity index (χ3n) is 5.01. The highest BCUT2D eigenvalue weighted by atomic mass is 16.5. The molecule has 1 aliphatic heterocycles. The molecule has 7 nitrogen and oxygen atoms in total. The number of amides is 1. The van der Waals surface area contributed by atoms with Crippen LogP contribution in [0.25, 0.3) is 22.5 Å². The van der Waals surface area contributed by atoms with Crippen molar-refractivity contribution in [3.63, 3.8) is 0 Å². The van der Waals surface area contributed by atoms with Crippen molar-refractivity contribution in [2.45, 2.75) is 18.9 Å². The van der Waals surface area contributed by atoms with Crippen molar-refractivity contribution in [2.24, 2.45) is 0 Å². The molecule has 1 aromatic heterocycles. The summed E-state index contributed by atoms with van der Waals surface area (Å²) in [4.78, 5) is 14.6. The zero-order valence-electron chi connectivity index (χ0n) is 15.1. The summed E-state index contributed by atoms with van der Waals surface area (Å²) in [7, 11) is 1.88. The SMILES string of the molecule is CN(C(=O)c1ccc(-c2ccc(-c3nn[nH]n3)cc2)cc1)C1CCOCC1. The first-order chi connectivity index (χ1) is 13.2. The molecule has 0 unspecified atom stereocenters. The monoisotopic (exact) mass is 363 g/mol. The predicted octanol–water partition coefficient (Wildman–Crippen LogP) is 2.78. The molecule has 0 radical (unpaired) electrons. The molecule has 3 aromatic rings. The number of nitrogens with one attached hydrogen (secondary N) is 1. The molecule has 138 valence electrons. The standard InChI is InChI=1S/C20H21N5O2/c1-25(18-10-12-27-13-11-18)20(26)17-8-4-15(5-9-17)14-2-6-16(7-3-14)19-21-23-24-22-19/h2-9,18H,10-13H2,1H3,(H,21,22,23,24). The zero-order chi connectivity index (χ0) is 18.6. The van der Waals surface area contributed by atoms with Crippen LogP contribution in [-0.4, -0.2) is 57.7 Å². The van der Waals surface area contributed by atoms with Crippen LogP contribution in [0.2, 0.25) is 0 Å². The summed E-state index contributed by atoms with van der Waals surface area (Å²) in [6.07, 6.45) is 1.79. The Balaban J connectivity index is 1.47. The van der Waals surface area contributed by atoms with Gasteiger partial charge < -0.3 is 9.64 Å². The van der Waals surface area contributed by atoms with Gasteiger partial charge in [-0.25, -0.2) is 0 Å². The minimum Gasteiger partial charge on any atom is -0.381 e. The lowest BCUT2D eigenvalue weighted by atomic mass is 10.0. The van der Waals surface area contributed by atoms with Crippen LogP contribution in [-0.2, 0) is 4.74 Å². The van der Waals surface area contributed by atoms with Gasteiger partial charge in [0.2, 0.25) is 5.82 Å². The lowest BCUT2D eigenvalue weighted by Gasteiger charge is -2.31. The number of carbonyl (C=O) groups excluding carboxylic acids is 1. The molecule has 7 heteroatoms. The molecule has 4 rings (SSSR count). The van der Waals surface area contributed by atoms with Gasteiger partial charge in [0.05, 0.1) is 0 Å². The summed E-state index contributed by atoms with van der Waals surface area (Å²) >= 11 is 0. The van der Waals surface area contributed by atoms with Crippen molar-refractivity contribution in [3.8, 4) is 22.5 Å². The van der Waals surface area contributed by atoms with E-state index in [1.165, 1.54) is 0 Å². The number of aromatic amines is 1. The summed E-state index contributed by atoms with van der Waals surface area (Å²) in [5.74, 6) is 0.625. The third-order valence-corrected chi connectivity index (χ3v) is 5.01. The number of aromatic nitrogens is 4. The Labute approximate surface area is 157 Å². The van der Waals surface area contributed by atoms with Crippen molar-refractivity contribution in [1.29, 1.82) is 0 Å². The number of H-pyrrole nitrogens is 1. The van der Waals surface area contributed by atoms with E-state index in [1.54, 1.807) is 0 Å². The van der Waals surface area contributed by atoms with E-state index in [9.17, 15) is 4.79 Å². The fraction of sp³-hybridized carbons (Fsp3) is 0.300. The third kappa shape index (κ3) is 3.73. The van der Waals surface area contributed by atoms with Crippen LogP contribution in [0.3, 0.4) is 0 Å². The quantitative estimate of drug-likeness (QED) is 0.770. The second-order valence-corrected chi connectivity index (χ2v) is 6.65. The number of ether oxygens (including phenoxy) is 1. The van der Waals surface area contributed by atoms with Gasteiger partial charge in [0.1, 0.15) is 0 Å². The molecular formula is C20H21N5O2. The lowest BCUT2D eigenvalue weighted by Crippen LogP contribution is -2.40. The summed E-state index contributed by atoms with van der Waals surface area (Å²) in [6, 6.07) is 15.9. The van der Waals surface area contributed by atoms with E-state index in [1.807, 2.05) is 60.5 Å². The highest BCUT2D eigenvalue weighted by Gasteiger charge is 2.23. The van der Waals surface area contributed by atoms with Crippen molar-refractivity contribution >= 4 is 5.91 Å². The first-order valence-electron chi connectivity index (χ1n) is 9.01. The average Bonchev–Trinajstić information content (AvgIpc) is 3.28. The van der Waals surface area contributed by atoms with Crippen LogP contribution in [0, 0.1) is 0 Å². The van der Waals surface area contributed by atoms with Crippen LogP contribution in [0.15, 0.2) is 48.5 Å². The number of hydrogen-bond donors (Lipinski definition) is 1. The maximum absolute atomic E-state index is 12.7.